The molecule has 1 aliphatic carbocycles. The van der Waals surface area contributed by atoms with Crippen LogP contribution in [0.25, 0.3) is 0 Å². The number of hydrogen-bond acceptors (Lipinski definition) is 7. The van der Waals surface area contributed by atoms with Gasteiger partial charge in [-0.2, -0.15) is 0 Å². The molecule has 1 heterocycles. The van der Waals surface area contributed by atoms with Crippen molar-refractivity contribution in [2.45, 2.75) is 34.1 Å². The van der Waals surface area contributed by atoms with Crippen LogP contribution in [0.2, 0.25) is 0 Å². The number of Topliss-reactive ketones (excluding diaryl/α,β-unsaturated/α-hetero) is 1. The molecule has 0 spiro atoms. The van der Waals surface area contributed by atoms with Crippen molar-refractivity contribution in [1.29, 1.82) is 0 Å². The summed E-state index contributed by atoms with van der Waals surface area (Å²) in [5.74, 6) is -2.14. The van der Waals surface area contributed by atoms with Crippen molar-refractivity contribution in [3.8, 4) is 0 Å². The van der Waals surface area contributed by atoms with Crippen LogP contribution in [0.1, 0.15) is 53.7 Å². The van der Waals surface area contributed by atoms with Crippen molar-refractivity contribution in [3.05, 3.63) is 16.9 Å². The van der Waals surface area contributed by atoms with E-state index in [2.05, 4.69) is 5.32 Å². The molecule has 2 rings (SSSR count). The number of carbonyl (C=O) groups excluding carboxylic acids is 4. The van der Waals surface area contributed by atoms with Gasteiger partial charge in [-0.05, 0) is 33.1 Å². The van der Waals surface area contributed by atoms with E-state index < -0.39 is 24.5 Å². The van der Waals surface area contributed by atoms with Gasteiger partial charge in [-0.15, -0.1) is 0 Å². The van der Waals surface area contributed by atoms with E-state index in [-0.39, 0.29) is 47.0 Å². The molecule has 0 bridgehead atoms. The second kappa shape index (κ2) is 7.50. The van der Waals surface area contributed by atoms with Gasteiger partial charge in [-0.25, -0.2) is 4.79 Å². The van der Waals surface area contributed by atoms with Crippen LogP contribution in [0, 0.1) is 18.8 Å². The van der Waals surface area contributed by atoms with Gasteiger partial charge in [0.25, 0.3) is 5.91 Å². The summed E-state index contributed by atoms with van der Waals surface area (Å²) in [7, 11) is 0. The topological polar surface area (TPSA) is 112 Å². The van der Waals surface area contributed by atoms with E-state index in [1.54, 1.807) is 6.92 Å². The summed E-state index contributed by atoms with van der Waals surface area (Å²) in [6, 6.07) is 0. The van der Waals surface area contributed by atoms with E-state index in [1.807, 2.05) is 6.92 Å². The van der Waals surface area contributed by atoms with Crippen LogP contribution >= 0.6 is 0 Å². The summed E-state index contributed by atoms with van der Waals surface area (Å²) >= 11 is 0. The van der Waals surface area contributed by atoms with Crippen LogP contribution in [-0.4, -0.2) is 36.8 Å². The van der Waals surface area contributed by atoms with Crippen molar-refractivity contribution in [1.82, 2.24) is 0 Å². The summed E-state index contributed by atoms with van der Waals surface area (Å²) < 4.78 is 15.2. The lowest BCUT2D eigenvalue weighted by Crippen LogP contribution is -2.23. The van der Waals surface area contributed by atoms with Crippen molar-refractivity contribution in [2.75, 3.05) is 18.5 Å². The minimum absolute atomic E-state index is 0.0533. The molecule has 0 radical (unpaired) electrons. The number of carbonyl (C=O) groups is 4. The molecule has 0 aliphatic heterocycles. The van der Waals surface area contributed by atoms with Crippen molar-refractivity contribution < 1.29 is 33.1 Å². The number of ether oxygens (including phenoxy) is 2. The molecule has 1 aliphatic rings. The van der Waals surface area contributed by atoms with Gasteiger partial charge in [0, 0.05) is 0 Å². The maximum absolute atomic E-state index is 12.1. The molecule has 1 N–H and O–H groups in total. The first-order valence-electron chi connectivity index (χ1n) is 8.04. The van der Waals surface area contributed by atoms with Crippen LogP contribution in [-0.2, 0) is 19.1 Å². The third-order valence-corrected chi connectivity index (χ3v) is 3.93. The zero-order valence-electron chi connectivity index (χ0n) is 14.6. The minimum atomic E-state index is -0.774. The smallest absolute Gasteiger partial charge is 0.344 e. The number of aryl methyl sites for hydroxylation is 1. The van der Waals surface area contributed by atoms with E-state index in [0.29, 0.717) is 0 Å². The molecular weight excluding hydrogens is 330 g/mol. The number of furan rings is 1. The molecule has 1 aromatic rings. The van der Waals surface area contributed by atoms with E-state index in [4.69, 9.17) is 13.9 Å². The first-order chi connectivity index (χ1) is 11.8. The van der Waals surface area contributed by atoms with E-state index in [1.165, 1.54) is 13.8 Å². The standard InChI is InChI=1S/C17H21NO7/c1-5-23-17(22)14-13(9(3)19)10(4)25-15(14)18-12(20)7-24-16(21)11-6-8(11)2/h8,11H,5-7H2,1-4H3,(H,18,20)/t8-,11-/m0/s1. The van der Waals surface area contributed by atoms with Crippen molar-refractivity contribution in [3.63, 3.8) is 0 Å². The Labute approximate surface area is 144 Å². The molecule has 0 saturated heterocycles. The molecule has 8 nitrogen and oxygen atoms in total. The average molecular weight is 351 g/mol. The number of nitrogens with one attached hydrogen (secondary N) is 1. The highest BCUT2D eigenvalue weighted by Crippen LogP contribution is 2.38. The normalized spacial score (nSPS) is 18.4. The Bertz CT molecular complexity index is 719. The van der Waals surface area contributed by atoms with Crippen LogP contribution in [0.5, 0.6) is 0 Å². The van der Waals surface area contributed by atoms with Crippen LogP contribution in [0.4, 0.5) is 5.88 Å². The Morgan fingerprint density at radius 1 is 1.20 bits per heavy atom. The molecule has 136 valence electrons. The maximum Gasteiger partial charge on any atom is 0.344 e. The monoisotopic (exact) mass is 351 g/mol. The number of esters is 2. The third-order valence-electron chi connectivity index (χ3n) is 3.93. The number of hydrogen-bond donors (Lipinski definition) is 1. The third kappa shape index (κ3) is 4.26. The van der Waals surface area contributed by atoms with Crippen LogP contribution < -0.4 is 5.32 Å². The van der Waals surface area contributed by atoms with Gasteiger partial charge < -0.3 is 13.9 Å². The second-order valence-corrected chi connectivity index (χ2v) is 5.99. The first-order valence-corrected chi connectivity index (χ1v) is 8.04. The fourth-order valence-corrected chi connectivity index (χ4v) is 2.51. The summed E-state index contributed by atoms with van der Waals surface area (Å²) in [6.45, 7) is 5.93. The predicted octanol–water partition coefficient (Wildman–Crippen LogP) is 2.11. The summed E-state index contributed by atoms with van der Waals surface area (Å²) in [5, 5.41) is 2.36. The Morgan fingerprint density at radius 3 is 2.36 bits per heavy atom. The highest BCUT2D eigenvalue weighted by molar-refractivity contribution is 6.10. The maximum atomic E-state index is 12.1. The fourth-order valence-electron chi connectivity index (χ4n) is 2.51. The van der Waals surface area contributed by atoms with Crippen molar-refractivity contribution in [2.24, 2.45) is 11.8 Å². The SMILES string of the molecule is CCOC(=O)c1c(NC(=O)COC(=O)[C@H]2C[C@@H]2C)oc(C)c1C(C)=O. The molecule has 1 fully saturated rings. The quantitative estimate of drug-likeness (QED) is 0.591. The summed E-state index contributed by atoms with van der Waals surface area (Å²) in [4.78, 5) is 47.5. The molecule has 8 heteroatoms. The first kappa shape index (κ1) is 18.7. The fraction of sp³-hybridized carbons (Fsp3) is 0.529. The van der Waals surface area contributed by atoms with Gasteiger partial charge in [0.2, 0.25) is 5.88 Å². The largest absolute Gasteiger partial charge is 0.462 e. The van der Waals surface area contributed by atoms with E-state index >= 15 is 0 Å². The Hall–Kier alpha value is -2.64. The number of rotatable bonds is 7. The number of amides is 1. The van der Waals surface area contributed by atoms with Crippen LogP contribution in [0.3, 0.4) is 0 Å². The highest BCUT2D eigenvalue weighted by atomic mass is 16.5. The molecule has 0 aromatic carbocycles. The Morgan fingerprint density at radius 2 is 1.84 bits per heavy atom. The lowest BCUT2D eigenvalue weighted by atomic mass is 10.1. The lowest BCUT2D eigenvalue weighted by Gasteiger charge is -2.07. The van der Waals surface area contributed by atoms with Gasteiger partial charge in [-0.3, -0.25) is 19.7 Å². The Balaban J connectivity index is 2.11. The molecular formula is C17H21NO7. The molecule has 2 atom stereocenters. The zero-order valence-corrected chi connectivity index (χ0v) is 14.6. The van der Waals surface area contributed by atoms with Gasteiger partial charge in [0.1, 0.15) is 11.3 Å². The summed E-state index contributed by atoms with van der Waals surface area (Å²) in [6.07, 6.45) is 0.757. The highest BCUT2D eigenvalue weighted by Gasteiger charge is 2.40. The Kier molecular flexibility index (Phi) is 5.61. The average Bonchev–Trinajstić information content (AvgIpc) is 3.16. The van der Waals surface area contributed by atoms with E-state index in [0.717, 1.165) is 6.42 Å². The molecule has 0 unspecified atom stereocenters. The number of anilines is 1. The van der Waals surface area contributed by atoms with Gasteiger partial charge >= 0.3 is 11.9 Å². The number of ketones is 1. The minimum Gasteiger partial charge on any atom is -0.462 e. The zero-order chi connectivity index (χ0) is 18.7. The lowest BCUT2D eigenvalue weighted by molar-refractivity contribution is -0.148. The molecule has 1 saturated carbocycles. The van der Waals surface area contributed by atoms with Gasteiger partial charge in [0.15, 0.2) is 12.4 Å². The van der Waals surface area contributed by atoms with Gasteiger partial charge in [0.05, 0.1) is 18.1 Å². The van der Waals surface area contributed by atoms with Crippen LogP contribution in [0.15, 0.2) is 4.42 Å². The van der Waals surface area contributed by atoms with Gasteiger partial charge in [-0.1, -0.05) is 6.92 Å². The van der Waals surface area contributed by atoms with E-state index in [9.17, 15) is 19.2 Å². The second-order valence-electron chi connectivity index (χ2n) is 5.99. The molecule has 1 aromatic heterocycles. The molecule has 1 amide bonds. The molecule has 25 heavy (non-hydrogen) atoms. The predicted molar refractivity (Wildman–Crippen MR) is 86.3 cm³/mol. The van der Waals surface area contributed by atoms with Crippen molar-refractivity contribution >= 4 is 29.5 Å². The summed E-state index contributed by atoms with van der Waals surface area (Å²) in [5.41, 5.74) is -0.0834.